The number of ketones is 2. The number of carbonyl (C=O) groups is 2. The second kappa shape index (κ2) is 7.33. The van der Waals surface area contributed by atoms with E-state index in [-0.39, 0.29) is 11.1 Å². The van der Waals surface area contributed by atoms with Crippen LogP contribution < -0.4 is 0 Å². The van der Waals surface area contributed by atoms with Gasteiger partial charge in [0.25, 0.3) is 0 Å². The number of rotatable bonds is 9. The molecule has 0 aliphatic rings. The van der Waals surface area contributed by atoms with Crippen molar-refractivity contribution in [3.63, 3.8) is 0 Å². The average Bonchev–Trinajstić information content (AvgIpc) is 2.45. The molecule has 0 rings (SSSR count). The first-order valence-corrected chi connectivity index (χ1v) is 6.61. The molecule has 0 bridgehead atoms. The highest BCUT2D eigenvalue weighted by molar-refractivity contribution is 6.04. The van der Waals surface area contributed by atoms with Gasteiger partial charge >= 0.3 is 11.8 Å². The van der Waals surface area contributed by atoms with Crippen LogP contribution in [-0.2, 0) is 9.59 Å². The van der Waals surface area contributed by atoms with Gasteiger partial charge in [0.05, 0.1) is 5.92 Å². The normalized spacial score (nSPS) is 16.4. The molecule has 0 fully saturated rings. The van der Waals surface area contributed by atoms with Gasteiger partial charge in [-0.1, -0.05) is 20.1 Å². The fraction of sp³-hybridized carbons (Fsp3) is 0.600. The van der Waals surface area contributed by atoms with Crippen molar-refractivity contribution < 1.29 is 36.6 Å². The first-order chi connectivity index (χ1) is 10.2. The van der Waals surface area contributed by atoms with Crippen LogP contribution in [0, 0.1) is 11.8 Å². The van der Waals surface area contributed by atoms with Crippen molar-refractivity contribution in [2.24, 2.45) is 11.8 Å². The smallest absolute Gasteiger partial charge is 0.338 e. The lowest BCUT2D eigenvalue weighted by atomic mass is 9.76. The minimum atomic E-state index is -5.05. The predicted octanol–water partition coefficient (Wildman–Crippen LogP) is 3.13. The lowest BCUT2D eigenvalue weighted by molar-refractivity contribution is -0.249. The van der Waals surface area contributed by atoms with Crippen LogP contribution in [0.25, 0.3) is 0 Å². The van der Waals surface area contributed by atoms with Crippen LogP contribution in [0.1, 0.15) is 20.8 Å². The van der Waals surface area contributed by atoms with Crippen molar-refractivity contribution in [2.75, 3.05) is 6.67 Å². The van der Waals surface area contributed by atoms with E-state index in [0.717, 1.165) is 13.8 Å². The van der Waals surface area contributed by atoms with Crippen molar-refractivity contribution in [3.05, 3.63) is 24.3 Å². The number of alkyl halides is 5. The Bertz CT molecular complexity index is 513. The van der Waals surface area contributed by atoms with Crippen LogP contribution in [0.5, 0.6) is 0 Å². The summed E-state index contributed by atoms with van der Waals surface area (Å²) >= 11 is 0. The summed E-state index contributed by atoms with van der Waals surface area (Å²) in [5, 5.41) is 9.90. The Morgan fingerprint density at radius 3 is 1.74 bits per heavy atom. The number of hydrogen-bond acceptors (Lipinski definition) is 3. The molecule has 0 aromatic carbocycles. The van der Waals surface area contributed by atoms with E-state index in [4.69, 9.17) is 0 Å². The van der Waals surface area contributed by atoms with Crippen molar-refractivity contribution >= 4 is 11.6 Å². The Hall–Kier alpha value is -1.57. The van der Waals surface area contributed by atoms with Gasteiger partial charge in [0.15, 0.2) is 18.2 Å². The topological polar surface area (TPSA) is 54.4 Å². The molecule has 0 aliphatic heterocycles. The number of aliphatic hydroxyl groups excluding tert-OH is 1. The van der Waals surface area contributed by atoms with Gasteiger partial charge in [-0.2, -0.15) is 17.6 Å². The summed E-state index contributed by atoms with van der Waals surface area (Å²) in [7, 11) is 0. The monoisotopic (exact) mass is 342 g/mol. The van der Waals surface area contributed by atoms with Crippen LogP contribution in [0.15, 0.2) is 24.3 Å². The Balaban J connectivity index is 5.98. The van der Waals surface area contributed by atoms with Crippen molar-refractivity contribution in [3.8, 4) is 0 Å². The maximum atomic E-state index is 13.9. The quantitative estimate of drug-likeness (QED) is 0.517. The maximum absolute atomic E-state index is 13.9. The highest BCUT2D eigenvalue weighted by atomic mass is 19.3. The van der Waals surface area contributed by atoms with E-state index >= 15 is 0 Å². The van der Waals surface area contributed by atoms with Crippen LogP contribution >= 0.6 is 0 Å². The van der Waals surface area contributed by atoms with Crippen LogP contribution in [0.4, 0.5) is 22.0 Å². The minimum Gasteiger partial charge on any atom is -0.384 e. The predicted molar refractivity (Wildman–Crippen MR) is 74.2 cm³/mol. The molecule has 8 heteroatoms. The van der Waals surface area contributed by atoms with Gasteiger partial charge in [0.2, 0.25) is 0 Å². The molecule has 3 unspecified atom stereocenters. The van der Waals surface area contributed by atoms with Crippen molar-refractivity contribution in [2.45, 2.75) is 38.7 Å². The largest absolute Gasteiger partial charge is 0.384 e. The summed E-state index contributed by atoms with van der Waals surface area (Å²) in [6.45, 7) is 6.59. The fourth-order valence-electron chi connectivity index (χ4n) is 1.99. The molecule has 0 aromatic rings. The zero-order chi connectivity index (χ0) is 18.7. The highest BCUT2D eigenvalue weighted by Gasteiger charge is 2.63. The number of hydrogen-bond donors (Lipinski definition) is 1. The third-order valence-electron chi connectivity index (χ3n) is 3.52. The summed E-state index contributed by atoms with van der Waals surface area (Å²) in [6.07, 6.45) is -2.31. The Morgan fingerprint density at radius 2 is 1.43 bits per heavy atom. The third-order valence-corrected chi connectivity index (χ3v) is 3.52. The number of aliphatic hydroxyl groups is 1. The fourth-order valence-corrected chi connectivity index (χ4v) is 1.99. The van der Waals surface area contributed by atoms with E-state index in [1.807, 2.05) is 0 Å². The number of allylic oxidation sites excluding steroid dienone is 1. The van der Waals surface area contributed by atoms with Gasteiger partial charge in [0, 0.05) is 5.92 Å². The summed E-state index contributed by atoms with van der Waals surface area (Å²) in [5.74, 6) is -17.1. The molecule has 0 aliphatic carbocycles. The van der Waals surface area contributed by atoms with Crippen LogP contribution in [-0.4, -0.2) is 41.3 Å². The van der Waals surface area contributed by atoms with Crippen LogP contribution in [0.2, 0.25) is 0 Å². The van der Waals surface area contributed by atoms with E-state index in [1.54, 1.807) is 0 Å². The third kappa shape index (κ3) is 4.25. The first-order valence-electron chi connectivity index (χ1n) is 6.61. The van der Waals surface area contributed by atoms with E-state index in [9.17, 15) is 36.6 Å². The molecule has 0 saturated carbocycles. The number of halogens is 5. The molecule has 0 spiro atoms. The van der Waals surface area contributed by atoms with Gasteiger partial charge in [-0.3, -0.25) is 9.59 Å². The van der Waals surface area contributed by atoms with Gasteiger partial charge in [-0.25, -0.2) is 4.39 Å². The molecule has 1 N–H and O–H groups in total. The molecule has 0 heterocycles. The first kappa shape index (κ1) is 21.4. The lowest BCUT2D eigenvalue weighted by Gasteiger charge is -2.35. The minimum absolute atomic E-state index is 0.246. The molecular formula is C15H19F5O3. The summed E-state index contributed by atoms with van der Waals surface area (Å²) in [4.78, 5) is 23.7. The zero-order valence-electron chi connectivity index (χ0n) is 13.0. The van der Waals surface area contributed by atoms with E-state index in [1.165, 1.54) is 0 Å². The second-order valence-corrected chi connectivity index (χ2v) is 5.51. The summed E-state index contributed by atoms with van der Waals surface area (Å²) < 4.78 is 66.4. The summed E-state index contributed by atoms with van der Waals surface area (Å²) in [6, 6.07) is 0. The van der Waals surface area contributed by atoms with E-state index in [0.29, 0.717) is 6.92 Å². The van der Waals surface area contributed by atoms with E-state index < -0.39 is 48.0 Å². The van der Waals surface area contributed by atoms with Gasteiger partial charge in [0.1, 0.15) is 6.10 Å². The molecule has 0 aromatic heterocycles. The lowest BCUT2D eigenvalue weighted by Crippen LogP contribution is -2.54. The Labute approximate surface area is 130 Å². The van der Waals surface area contributed by atoms with Gasteiger partial charge < -0.3 is 5.11 Å². The molecule has 0 amide bonds. The van der Waals surface area contributed by atoms with Crippen molar-refractivity contribution in [1.29, 1.82) is 0 Å². The van der Waals surface area contributed by atoms with Crippen LogP contribution in [0.3, 0.4) is 0 Å². The average molecular weight is 342 g/mol. The highest BCUT2D eigenvalue weighted by Crippen LogP contribution is 2.45. The zero-order valence-corrected chi connectivity index (χ0v) is 13.0. The molecule has 3 nitrogen and oxygen atoms in total. The van der Waals surface area contributed by atoms with Gasteiger partial charge in [-0.05, 0) is 25.0 Å². The second-order valence-electron chi connectivity index (χ2n) is 5.51. The van der Waals surface area contributed by atoms with Crippen molar-refractivity contribution in [1.82, 2.24) is 0 Å². The molecule has 23 heavy (non-hydrogen) atoms. The molecule has 0 radical (unpaired) electrons. The number of carbonyl (C=O) groups excluding carboxylic acids is 2. The molecule has 132 valence electrons. The molecule has 3 atom stereocenters. The number of Topliss-reactive ketones (excluding diaryl/α,β-unsaturated/α-hetero) is 2. The molecular weight excluding hydrogens is 323 g/mol. The summed E-state index contributed by atoms with van der Waals surface area (Å²) in [5.41, 5.74) is -0.556. The Kier molecular flexibility index (Phi) is 6.83. The molecule has 0 saturated heterocycles. The standard InChI is InChI=1S/C15H19F5O3/c1-7(2)11(21)10(13(23)12(22)8(3)4)9(5)15(19,20)14(17,18)6-16/h9-10,13,23H,1,3,6H2,2,4-5H3. The maximum Gasteiger partial charge on any atom is 0.338 e. The van der Waals surface area contributed by atoms with E-state index in [2.05, 4.69) is 13.2 Å². The Morgan fingerprint density at radius 1 is 1.04 bits per heavy atom. The SMILES string of the molecule is C=C(C)C(=O)C(O)C(C(=O)C(=C)C)C(C)C(F)(F)C(F)(F)CF. The van der Waals surface area contributed by atoms with Gasteiger partial charge in [-0.15, -0.1) is 0 Å².